The van der Waals surface area contributed by atoms with E-state index in [0.717, 1.165) is 11.3 Å². The summed E-state index contributed by atoms with van der Waals surface area (Å²) in [5, 5.41) is 0. The molecule has 1 aliphatic rings. The Morgan fingerprint density at radius 3 is 3.00 bits per heavy atom. The number of likely N-dealkylation sites (N-methyl/N-ethyl adjacent to an activating group) is 1. The van der Waals surface area contributed by atoms with Crippen molar-refractivity contribution in [2.24, 2.45) is 0 Å². The molecule has 1 aliphatic heterocycles. The lowest BCUT2D eigenvalue weighted by atomic mass is 10.2. The number of hydrogen-bond acceptors (Lipinski definition) is 2. The zero-order valence-electron chi connectivity index (χ0n) is 6.24. The smallest absolute Gasteiger partial charge is 0.231 e. The predicted octanol–water partition coefficient (Wildman–Crippen LogP) is 1.24. The van der Waals surface area contributed by atoms with Crippen molar-refractivity contribution in [3.05, 3.63) is 24.0 Å². The van der Waals surface area contributed by atoms with Gasteiger partial charge in [0.05, 0.1) is 18.3 Å². The molecule has 0 N–H and O–H groups in total. The Bertz CT molecular complexity index is 309. The highest BCUT2D eigenvalue weighted by Gasteiger charge is 2.22. The summed E-state index contributed by atoms with van der Waals surface area (Å²) in [5.41, 5.74) is 2.02. The van der Waals surface area contributed by atoms with Crippen LogP contribution in [0.15, 0.2) is 18.5 Å². The Morgan fingerprint density at radius 1 is 1.58 bits per heavy atom. The molecule has 1 amide bonds. The summed E-state index contributed by atoms with van der Waals surface area (Å²) in [6.07, 6.45) is 3.96. The molecular weight excluding hydrogens is 152 g/mol. The number of carbonyl (C=O) groups excluding carboxylic acids is 1. The van der Waals surface area contributed by atoms with Crippen molar-refractivity contribution in [2.75, 3.05) is 11.9 Å². The third-order valence-electron chi connectivity index (χ3n) is 1.96. The van der Waals surface area contributed by atoms with Gasteiger partial charge in [-0.15, -0.1) is 0 Å². The molecule has 12 heavy (non-hydrogen) atoms. The largest absolute Gasteiger partial charge is 0.313 e. The molecule has 2 heterocycles. The second-order valence-corrected chi connectivity index (χ2v) is 2.63. The summed E-state index contributed by atoms with van der Waals surface area (Å²) in [6.45, 7) is 0. The number of pyridine rings is 1. The predicted molar refractivity (Wildman–Crippen MR) is 48.1 cm³/mol. The van der Waals surface area contributed by atoms with E-state index in [2.05, 4.69) is 4.98 Å². The molecule has 0 atom stereocenters. The van der Waals surface area contributed by atoms with Gasteiger partial charge in [-0.25, -0.2) is 0 Å². The lowest BCUT2D eigenvalue weighted by molar-refractivity contribution is -0.117. The van der Waals surface area contributed by atoms with E-state index in [9.17, 15) is 4.79 Å². The van der Waals surface area contributed by atoms with Gasteiger partial charge < -0.3 is 4.90 Å². The number of anilines is 1. The first-order valence-electron chi connectivity index (χ1n) is 3.48. The Hall–Kier alpha value is -1.38. The van der Waals surface area contributed by atoms with Crippen LogP contribution >= 0.6 is 0 Å². The van der Waals surface area contributed by atoms with Crippen molar-refractivity contribution in [2.45, 2.75) is 13.8 Å². The van der Waals surface area contributed by atoms with Crippen molar-refractivity contribution in [3.8, 4) is 0 Å². The van der Waals surface area contributed by atoms with Crippen molar-refractivity contribution in [3.63, 3.8) is 0 Å². The van der Waals surface area contributed by atoms with Crippen LogP contribution in [0.2, 0.25) is 0 Å². The third kappa shape index (κ3) is 1.07. The normalized spacial score (nSPS) is 14.1. The molecule has 2 rings (SSSR count). The number of nitrogens with zero attached hydrogens (tertiary/aromatic N) is 2. The number of aromatic nitrogens is 1. The summed E-state index contributed by atoms with van der Waals surface area (Å²) < 4.78 is 0. The van der Waals surface area contributed by atoms with Crippen LogP contribution in [0, 0.1) is 0 Å². The van der Waals surface area contributed by atoms with Crippen LogP contribution in [-0.4, -0.2) is 17.9 Å². The zero-order valence-corrected chi connectivity index (χ0v) is 6.24. The van der Waals surface area contributed by atoms with Crippen LogP contribution in [0.3, 0.4) is 0 Å². The molecular formula is C9H12N2O. The number of rotatable bonds is 0. The lowest BCUT2D eigenvalue weighted by Gasteiger charge is -2.07. The Labute approximate surface area is 72.0 Å². The maximum Gasteiger partial charge on any atom is 0.231 e. The van der Waals surface area contributed by atoms with Gasteiger partial charge in [0, 0.05) is 13.2 Å². The first kappa shape index (κ1) is 8.71. The molecule has 0 unspecified atom stereocenters. The van der Waals surface area contributed by atoms with Crippen LogP contribution in [0.25, 0.3) is 0 Å². The second kappa shape index (κ2) is 2.93. The molecule has 0 saturated heterocycles. The second-order valence-electron chi connectivity index (χ2n) is 2.63. The van der Waals surface area contributed by atoms with Gasteiger partial charge in [-0.3, -0.25) is 9.78 Å². The highest BCUT2D eigenvalue weighted by molar-refractivity contribution is 6.00. The van der Waals surface area contributed by atoms with Gasteiger partial charge in [0.2, 0.25) is 5.91 Å². The average molecular weight is 164 g/mol. The van der Waals surface area contributed by atoms with Crippen molar-refractivity contribution in [1.29, 1.82) is 0 Å². The van der Waals surface area contributed by atoms with Crippen LogP contribution in [-0.2, 0) is 11.2 Å². The molecule has 3 heteroatoms. The lowest BCUT2D eigenvalue weighted by Crippen LogP contribution is -2.20. The summed E-state index contributed by atoms with van der Waals surface area (Å²) in [5.74, 6) is 0.146. The highest BCUT2D eigenvalue weighted by Crippen LogP contribution is 2.25. The fourth-order valence-electron chi connectivity index (χ4n) is 1.28. The summed E-state index contributed by atoms with van der Waals surface area (Å²) in [4.78, 5) is 16.7. The van der Waals surface area contributed by atoms with E-state index < -0.39 is 0 Å². The summed E-state index contributed by atoms with van der Waals surface area (Å²) in [7, 11) is 1.77. The molecule has 0 radical (unpaired) electrons. The van der Waals surface area contributed by atoms with Crippen LogP contribution in [0.1, 0.15) is 13.0 Å². The van der Waals surface area contributed by atoms with Crippen molar-refractivity contribution < 1.29 is 4.79 Å². The SMILES string of the molecule is C.CN1C(=O)Cc2ccncc21. The van der Waals surface area contributed by atoms with E-state index in [4.69, 9.17) is 0 Å². The molecule has 0 spiro atoms. The van der Waals surface area contributed by atoms with Gasteiger partial charge in [0.15, 0.2) is 0 Å². The molecule has 3 nitrogen and oxygen atoms in total. The van der Waals surface area contributed by atoms with Crippen LogP contribution in [0.4, 0.5) is 5.69 Å². The van der Waals surface area contributed by atoms with E-state index in [0.29, 0.717) is 6.42 Å². The monoisotopic (exact) mass is 164 g/mol. The fraction of sp³-hybridized carbons (Fsp3) is 0.333. The minimum atomic E-state index is 0. The average Bonchev–Trinajstić information content (AvgIpc) is 2.30. The van der Waals surface area contributed by atoms with Crippen molar-refractivity contribution >= 4 is 11.6 Å². The first-order valence-corrected chi connectivity index (χ1v) is 3.48. The molecule has 1 aromatic heterocycles. The van der Waals surface area contributed by atoms with E-state index >= 15 is 0 Å². The van der Waals surface area contributed by atoms with Gasteiger partial charge in [0.1, 0.15) is 0 Å². The number of fused-ring (bicyclic) bond motifs is 1. The van der Waals surface area contributed by atoms with Crippen LogP contribution < -0.4 is 4.90 Å². The topological polar surface area (TPSA) is 33.2 Å². The van der Waals surface area contributed by atoms with Gasteiger partial charge in [0.25, 0.3) is 0 Å². The molecule has 64 valence electrons. The van der Waals surface area contributed by atoms with E-state index in [1.165, 1.54) is 0 Å². The molecule has 0 saturated carbocycles. The Balaban J connectivity index is 0.000000720. The maximum atomic E-state index is 11.1. The molecule has 0 fully saturated rings. The van der Waals surface area contributed by atoms with Gasteiger partial charge in [-0.2, -0.15) is 0 Å². The van der Waals surface area contributed by atoms with Gasteiger partial charge in [-0.1, -0.05) is 7.43 Å². The van der Waals surface area contributed by atoms with Crippen molar-refractivity contribution in [1.82, 2.24) is 4.98 Å². The minimum Gasteiger partial charge on any atom is -0.313 e. The van der Waals surface area contributed by atoms with Gasteiger partial charge in [-0.05, 0) is 11.6 Å². The Morgan fingerprint density at radius 2 is 2.33 bits per heavy atom. The number of hydrogen-bond donors (Lipinski definition) is 0. The summed E-state index contributed by atoms with van der Waals surface area (Å²) >= 11 is 0. The number of carbonyl (C=O) groups is 1. The molecule has 0 aliphatic carbocycles. The third-order valence-corrected chi connectivity index (χ3v) is 1.96. The molecule has 1 aromatic rings. The summed E-state index contributed by atoms with van der Waals surface area (Å²) in [6, 6.07) is 1.89. The van der Waals surface area contributed by atoms with Gasteiger partial charge >= 0.3 is 0 Å². The molecule has 0 bridgehead atoms. The fourth-order valence-corrected chi connectivity index (χ4v) is 1.28. The van der Waals surface area contributed by atoms with E-state index in [1.54, 1.807) is 24.3 Å². The maximum absolute atomic E-state index is 11.1. The highest BCUT2D eigenvalue weighted by atomic mass is 16.2. The standard InChI is InChI=1S/C8H8N2O.CH4/c1-10-7-5-9-3-2-6(7)4-8(10)11;/h2-3,5H,4H2,1H3;1H4. The van der Waals surface area contributed by atoms with E-state index in [-0.39, 0.29) is 13.3 Å². The first-order chi connectivity index (χ1) is 5.29. The minimum absolute atomic E-state index is 0. The zero-order chi connectivity index (χ0) is 7.84. The quantitative estimate of drug-likeness (QED) is 0.578. The molecule has 0 aromatic carbocycles. The number of amides is 1. The van der Waals surface area contributed by atoms with E-state index in [1.807, 2.05) is 6.07 Å². The Kier molecular flexibility index (Phi) is 2.13. The van der Waals surface area contributed by atoms with Crippen LogP contribution in [0.5, 0.6) is 0 Å².